The quantitative estimate of drug-likeness (QED) is 0.522. The second kappa shape index (κ2) is 7.35. The van der Waals surface area contributed by atoms with Gasteiger partial charge in [-0.2, -0.15) is 0 Å². The lowest BCUT2D eigenvalue weighted by molar-refractivity contribution is 0.317. The molecule has 2 heterocycles. The van der Waals surface area contributed by atoms with Gasteiger partial charge in [0.15, 0.2) is 5.65 Å². The maximum absolute atomic E-state index is 5.65. The monoisotopic (exact) mass is 344 g/mol. The van der Waals surface area contributed by atoms with E-state index in [0.29, 0.717) is 0 Å². The zero-order valence-corrected chi connectivity index (χ0v) is 14.7. The number of fused-ring (bicyclic) bond motifs is 1. The highest BCUT2D eigenvalue weighted by atomic mass is 16.5. The molecule has 0 saturated carbocycles. The van der Waals surface area contributed by atoms with Crippen molar-refractivity contribution in [3.8, 4) is 17.0 Å². The summed E-state index contributed by atoms with van der Waals surface area (Å²) in [7, 11) is 0. The van der Waals surface area contributed by atoms with Crippen molar-refractivity contribution in [3.63, 3.8) is 0 Å². The molecule has 5 nitrogen and oxygen atoms in total. The molecule has 0 atom stereocenters. The van der Waals surface area contributed by atoms with Gasteiger partial charge < -0.3 is 9.30 Å². The lowest BCUT2D eigenvalue weighted by atomic mass is 10.1. The number of aromatic nitrogens is 4. The number of hydrogen-bond acceptors (Lipinski definition) is 4. The van der Waals surface area contributed by atoms with Crippen molar-refractivity contribution < 1.29 is 4.74 Å². The largest absolute Gasteiger partial charge is 0.494 e. The van der Waals surface area contributed by atoms with Gasteiger partial charge in [-0.25, -0.2) is 15.0 Å². The van der Waals surface area contributed by atoms with E-state index in [1.807, 2.05) is 48.8 Å². The minimum Gasteiger partial charge on any atom is -0.494 e. The van der Waals surface area contributed by atoms with Crippen molar-refractivity contribution in [2.45, 2.75) is 19.9 Å². The van der Waals surface area contributed by atoms with Crippen LogP contribution in [-0.2, 0) is 6.54 Å². The molecule has 0 aliphatic carbocycles. The molecule has 2 aromatic heterocycles. The summed E-state index contributed by atoms with van der Waals surface area (Å²) in [6.07, 6.45) is 4.42. The Morgan fingerprint density at radius 3 is 2.50 bits per heavy atom. The standard InChI is InChI=1S/C21H20N4O/c1-2-12-26-18-10-8-17(9-11-18)19-20-21(23-14-22-19)25(15-24-20)13-16-6-4-3-5-7-16/h3-11,14-15H,2,12-13H2,1H3. The molecular formula is C21H20N4O. The van der Waals surface area contributed by atoms with Crippen LogP contribution < -0.4 is 4.74 Å². The summed E-state index contributed by atoms with van der Waals surface area (Å²) in [5.41, 5.74) is 4.70. The van der Waals surface area contributed by atoms with Crippen molar-refractivity contribution >= 4 is 11.2 Å². The Bertz CT molecular complexity index is 994. The number of imidazole rings is 1. The average Bonchev–Trinajstić information content (AvgIpc) is 3.11. The van der Waals surface area contributed by atoms with Gasteiger partial charge in [0.25, 0.3) is 0 Å². The fourth-order valence-corrected chi connectivity index (χ4v) is 2.92. The van der Waals surface area contributed by atoms with Crippen LogP contribution in [-0.4, -0.2) is 26.1 Å². The Morgan fingerprint density at radius 2 is 1.73 bits per heavy atom. The molecule has 130 valence electrons. The minimum absolute atomic E-state index is 0.723. The molecule has 0 bridgehead atoms. The third-order valence-electron chi connectivity index (χ3n) is 4.20. The van der Waals surface area contributed by atoms with Crippen LogP contribution in [0.15, 0.2) is 67.3 Å². The van der Waals surface area contributed by atoms with E-state index in [2.05, 4.69) is 38.6 Å². The van der Waals surface area contributed by atoms with Crippen LogP contribution in [0.1, 0.15) is 18.9 Å². The Kier molecular flexibility index (Phi) is 4.60. The van der Waals surface area contributed by atoms with E-state index in [1.165, 1.54) is 5.56 Å². The van der Waals surface area contributed by atoms with Gasteiger partial charge in [-0.1, -0.05) is 37.3 Å². The maximum Gasteiger partial charge on any atom is 0.164 e. The molecule has 26 heavy (non-hydrogen) atoms. The second-order valence-corrected chi connectivity index (χ2v) is 6.13. The molecule has 0 saturated heterocycles. The molecule has 0 spiro atoms. The summed E-state index contributed by atoms with van der Waals surface area (Å²) >= 11 is 0. The van der Waals surface area contributed by atoms with Gasteiger partial charge >= 0.3 is 0 Å². The Labute approximate surface area is 152 Å². The van der Waals surface area contributed by atoms with E-state index in [4.69, 9.17) is 4.74 Å². The van der Waals surface area contributed by atoms with Gasteiger partial charge in [-0.15, -0.1) is 0 Å². The third-order valence-corrected chi connectivity index (χ3v) is 4.20. The Hall–Kier alpha value is -3.21. The molecule has 0 N–H and O–H groups in total. The average molecular weight is 344 g/mol. The van der Waals surface area contributed by atoms with Crippen LogP contribution in [0, 0.1) is 0 Å². The SMILES string of the molecule is CCCOc1ccc(-c2ncnc3c2ncn3Cc2ccccc2)cc1. The van der Waals surface area contributed by atoms with Crippen LogP contribution in [0.2, 0.25) is 0 Å². The van der Waals surface area contributed by atoms with Crippen molar-refractivity contribution in [1.29, 1.82) is 0 Å². The number of ether oxygens (including phenoxy) is 1. The number of benzene rings is 2. The van der Waals surface area contributed by atoms with Gasteiger partial charge in [0.2, 0.25) is 0 Å². The van der Waals surface area contributed by atoms with Crippen molar-refractivity contribution in [3.05, 3.63) is 72.8 Å². The van der Waals surface area contributed by atoms with Crippen LogP contribution >= 0.6 is 0 Å². The highest BCUT2D eigenvalue weighted by molar-refractivity contribution is 5.87. The molecule has 4 aromatic rings. The molecule has 0 radical (unpaired) electrons. The van der Waals surface area contributed by atoms with Crippen molar-refractivity contribution in [2.24, 2.45) is 0 Å². The smallest absolute Gasteiger partial charge is 0.164 e. The first-order chi connectivity index (χ1) is 12.8. The molecular weight excluding hydrogens is 324 g/mol. The van der Waals surface area contributed by atoms with E-state index in [-0.39, 0.29) is 0 Å². The van der Waals surface area contributed by atoms with E-state index in [9.17, 15) is 0 Å². The normalized spacial score (nSPS) is 11.0. The molecule has 0 aliphatic heterocycles. The molecule has 0 aliphatic rings. The van der Waals surface area contributed by atoms with Crippen molar-refractivity contribution in [1.82, 2.24) is 19.5 Å². The van der Waals surface area contributed by atoms with Gasteiger partial charge in [0.05, 0.1) is 19.5 Å². The van der Waals surface area contributed by atoms with E-state index in [0.717, 1.165) is 47.7 Å². The fraction of sp³-hybridized carbons (Fsp3) is 0.190. The minimum atomic E-state index is 0.723. The van der Waals surface area contributed by atoms with Crippen LogP contribution in [0.4, 0.5) is 0 Å². The lowest BCUT2D eigenvalue weighted by Gasteiger charge is -2.07. The first-order valence-electron chi connectivity index (χ1n) is 8.78. The van der Waals surface area contributed by atoms with Gasteiger partial charge in [-0.3, -0.25) is 0 Å². The highest BCUT2D eigenvalue weighted by Crippen LogP contribution is 2.26. The Balaban J connectivity index is 1.66. The molecule has 0 unspecified atom stereocenters. The number of hydrogen-bond donors (Lipinski definition) is 0. The lowest BCUT2D eigenvalue weighted by Crippen LogP contribution is -1.99. The van der Waals surface area contributed by atoms with Gasteiger partial charge in [-0.05, 0) is 36.2 Å². The summed E-state index contributed by atoms with van der Waals surface area (Å²) in [5.74, 6) is 0.871. The first-order valence-corrected chi connectivity index (χ1v) is 8.78. The predicted octanol–water partition coefficient (Wildman–Crippen LogP) is 4.33. The second-order valence-electron chi connectivity index (χ2n) is 6.13. The summed E-state index contributed by atoms with van der Waals surface area (Å²) < 4.78 is 7.70. The van der Waals surface area contributed by atoms with E-state index < -0.39 is 0 Å². The number of nitrogens with zero attached hydrogens (tertiary/aromatic N) is 4. The third kappa shape index (κ3) is 3.28. The van der Waals surface area contributed by atoms with Crippen LogP contribution in [0.25, 0.3) is 22.4 Å². The summed E-state index contributed by atoms with van der Waals surface area (Å²) in [6, 6.07) is 18.3. The van der Waals surface area contributed by atoms with E-state index in [1.54, 1.807) is 6.33 Å². The van der Waals surface area contributed by atoms with E-state index >= 15 is 0 Å². The Morgan fingerprint density at radius 1 is 0.923 bits per heavy atom. The predicted molar refractivity (Wildman–Crippen MR) is 102 cm³/mol. The first kappa shape index (κ1) is 16.3. The molecule has 0 fully saturated rings. The van der Waals surface area contributed by atoms with Crippen molar-refractivity contribution in [2.75, 3.05) is 6.61 Å². The topological polar surface area (TPSA) is 52.8 Å². The summed E-state index contributed by atoms with van der Waals surface area (Å²) in [5, 5.41) is 0. The molecule has 2 aromatic carbocycles. The maximum atomic E-state index is 5.65. The van der Waals surface area contributed by atoms with Crippen LogP contribution in [0.5, 0.6) is 5.75 Å². The molecule has 0 amide bonds. The molecule has 4 rings (SSSR count). The summed E-state index contributed by atoms with van der Waals surface area (Å²) in [6.45, 7) is 3.55. The molecule has 5 heteroatoms. The zero-order chi connectivity index (χ0) is 17.8. The fourth-order valence-electron chi connectivity index (χ4n) is 2.92. The number of rotatable bonds is 6. The zero-order valence-electron chi connectivity index (χ0n) is 14.7. The van der Waals surface area contributed by atoms with Gasteiger partial charge in [0, 0.05) is 5.56 Å². The highest BCUT2D eigenvalue weighted by Gasteiger charge is 2.12. The van der Waals surface area contributed by atoms with Gasteiger partial charge in [0.1, 0.15) is 23.3 Å². The van der Waals surface area contributed by atoms with Crippen LogP contribution in [0.3, 0.4) is 0 Å². The summed E-state index contributed by atoms with van der Waals surface area (Å²) in [4.78, 5) is 13.5.